The van der Waals surface area contributed by atoms with Gasteiger partial charge >= 0.3 is 0 Å². The third-order valence-corrected chi connectivity index (χ3v) is 3.41. The van der Waals surface area contributed by atoms with E-state index in [1.165, 1.54) is 13.0 Å². The molecule has 1 aliphatic rings. The van der Waals surface area contributed by atoms with Gasteiger partial charge in [-0.1, -0.05) is 0 Å². The Morgan fingerprint density at radius 1 is 1.26 bits per heavy atom. The summed E-state index contributed by atoms with van der Waals surface area (Å²) in [6.07, 6.45) is 0. The van der Waals surface area contributed by atoms with Crippen LogP contribution in [-0.4, -0.2) is 18.5 Å². The summed E-state index contributed by atoms with van der Waals surface area (Å²) < 4.78 is 15.7. The highest BCUT2D eigenvalue weighted by Gasteiger charge is 2.23. The van der Waals surface area contributed by atoms with E-state index < -0.39 is 5.91 Å². The van der Waals surface area contributed by atoms with E-state index >= 15 is 0 Å². The number of anilines is 1. The topological polar surface area (TPSA) is 102 Å². The number of ketones is 1. The Hall–Kier alpha value is -3.27. The minimum Gasteiger partial charge on any atom is -0.454 e. The Kier molecular flexibility index (Phi) is 3.50. The van der Waals surface area contributed by atoms with Crippen molar-refractivity contribution in [2.24, 2.45) is 0 Å². The van der Waals surface area contributed by atoms with Crippen LogP contribution < -0.4 is 14.8 Å². The van der Waals surface area contributed by atoms with E-state index in [1.54, 1.807) is 19.1 Å². The fraction of sp³-hybridized carbons (Fsp3) is 0.188. The maximum absolute atomic E-state index is 12.3. The fourth-order valence-corrected chi connectivity index (χ4v) is 2.38. The number of Topliss-reactive ketones (excluding diaryl/α,β-unsaturated/α-hetero) is 1. The second-order valence-corrected chi connectivity index (χ2v) is 4.93. The molecule has 0 spiro atoms. The zero-order chi connectivity index (χ0) is 16.6. The number of carbonyl (C=O) groups excluding carboxylic acids is 2. The molecule has 23 heavy (non-hydrogen) atoms. The summed E-state index contributed by atoms with van der Waals surface area (Å²) in [4.78, 5) is 23.9. The minimum atomic E-state index is -0.483. The number of carbonyl (C=O) groups is 2. The summed E-state index contributed by atoms with van der Waals surface area (Å²) in [6, 6.07) is 6.61. The van der Waals surface area contributed by atoms with Gasteiger partial charge in [0.1, 0.15) is 17.4 Å². The molecule has 0 saturated carbocycles. The smallest absolute Gasteiger partial charge is 0.258 e. The summed E-state index contributed by atoms with van der Waals surface area (Å²) in [6.45, 7) is 3.01. The Balaban J connectivity index is 1.91. The largest absolute Gasteiger partial charge is 0.454 e. The van der Waals surface area contributed by atoms with Gasteiger partial charge in [-0.25, -0.2) is 0 Å². The Bertz CT molecular complexity index is 860. The molecule has 0 unspecified atom stereocenters. The Morgan fingerprint density at radius 3 is 2.70 bits per heavy atom. The average molecular weight is 312 g/mol. The van der Waals surface area contributed by atoms with Crippen LogP contribution >= 0.6 is 0 Å². The molecule has 1 amide bonds. The molecule has 2 aromatic rings. The average Bonchev–Trinajstić information content (AvgIpc) is 3.09. The quantitative estimate of drug-likeness (QED) is 0.874. The molecule has 1 aromatic carbocycles. The lowest BCUT2D eigenvalue weighted by Gasteiger charge is -2.04. The van der Waals surface area contributed by atoms with Crippen molar-refractivity contribution in [1.82, 2.24) is 0 Å². The number of ether oxygens (including phenoxy) is 2. The van der Waals surface area contributed by atoms with Gasteiger partial charge in [-0.2, -0.15) is 5.26 Å². The maximum Gasteiger partial charge on any atom is 0.258 e. The molecule has 3 rings (SSSR count). The molecule has 7 nitrogen and oxygen atoms in total. The van der Waals surface area contributed by atoms with Crippen LogP contribution in [0.5, 0.6) is 11.5 Å². The van der Waals surface area contributed by atoms with Crippen LogP contribution in [-0.2, 0) is 0 Å². The van der Waals surface area contributed by atoms with Crippen molar-refractivity contribution in [1.29, 1.82) is 5.26 Å². The van der Waals surface area contributed by atoms with Crippen molar-refractivity contribution in [3.05, 3.63) is 40.6 Å². The minimum absolute atomic E-state index is 0.0177. The van der Waals surface area contributed by atoms with E-state index in [9.17, 15) is 14.9 Å². The first kappa shape index (κ1) is 14.7. The van der Waals surface area contributed by atoms with Gasteiger partial charge in [-0.3, -0.25) is 14.9 Å². The number of hydrogen-bond acceptors (Lipinski definition) is 6. The van der Waals surface area contributed by atoms with Crippen molar-refractivity contribution in [3.63, 3.8) is 0 Å². The Morgan fingerprint density at radius 2 is 2.00 bits per heavy atom. The van der Waals surface area contributed by atoms with E-state index in [-0.39, 0.29) is 35.3 Å². The third-order valence-electron chi connectivity index (χ3n) is 3.41. The molecule has 0 saturated heterocycles. The second-order valence-electron chi connectivity index (χ2n) is 4.93. The molecule has 1 aliphatic heterocycles. The highest BCUT2D eigenvalue weighted by atomic mass is 16.7. The van der Waals surface area contributed by atoms with E-state index in [0.717, 1.165) is 0 Å². The van der Waals surface area contributed by atoms with Gasteiger partial charge < -0.3 is 13.9 Å². The SMILES string of the molecule is CC(=O)c1c(C)oc(NC(=O)c2ccc3c(c2)OCO3)c1C#N. The number of furan rings is 1. The van der Waals surface area contributed by atoms with E-state index in [2.05, 4.69) is 5.32 Å². The van der Waals surface area contributed by atoms with Crippen LogP contribution in [0.1, 0.15) is 39.0 Å². The molecule has 7 heteroatoms. The van der Waals surface area contributed by atoms with Crippen molar-refractivity contribution in [2.75, 3.05) is 12.1 Å². The molecular formula is C16H12N2O5. The lowest BCUT2D eigenvalue weighted by atomic mass is 10.1. The van der Waals surface area contributed by atoms with Gasteiger partial charge in [0, 0.05) is 5.56 Å². The van der Waals surface area contributed by atoms with Gasteiger partial charge in [0.2, 0.25) is 12.7 Å². The van der Waals surface area contributed by atoms with Crippen LogP contribution in [0.25, 0.3) is 0 Å². The summed E-state index contributed by atoms with van der Waals surface area (Å²) in [7, 11) is 0. The van der Waals surface area contributed by atoms with Gasteiger partial charge in [0.05, 0.1) is 5.56 Å². The first-order chi connectivity index (χ1) is 11.0. The molecule has 0 bridgehead atoms. The molecule has 0 radical (unpaired) electrons. The number of nitrogens with one attached hydrogen (secondary N) is 1. The van der Waals surface area contributed by atoms with E-state index in [4.69, 9.17) is 13.9 Å². The van der Waals surface area contributed by atoms with E-state index in [1.807, 2.05) is 6.07 Å². The predicted octanol–water partition coefficient (Wildman–Crippen LogP) is 2.64. The predicted molar refractivity (Wildman–Crippen MR) is 78.7 cm³/mol. The molecular weight excluding hydrogens is 300 g/mol. The molecule has 0 atom stereocenters. The highest BCUT2D eigenvalue weighted by Crippen LogP contribution is 2.33. The number of fused-ring (bicyclic) bond motifs is 1. The van der Waals surface area contributed by atoms with E-state index in [0.29, 0.717) is 17.1 Å². The zero-order valence-corrected chi connectivity index (χ0v) is 12.4. The zero-order valence-electron chi connectivity index (χ0n) is 12.4. The summed E-state index contributed by atoms with van der Waals surface area (Å²) in [5.41, 5.74) is 0.508. The molecule has 0 aliphatic carbocycles. The van der Waals surface area contributed by atoms with Gasteiger partial charge in [-0.05, 0) is 32.0 Å². The van der Waals surface area contributed by atoms with Crippen molar-refractivity contribution in [3.8, 4) is 17.6 Å². The lowest BCUT2D eigenvalue weighted by Crippen LogP contribution is -2.12. The number of hydrogen-bond donors (Lipinski definition) is 1. The van der Waals surface area contributed by atoms with Crippen LogP contribution in [0.15, 0.2) is 22.6 Å². The van der Waals surface area contributed by atoms with Gasteiger partial charge in [-0.15, -0.1) is 0 Å². The molecule has 0 fully saturated rings. The van der Waals surface area contributed by atoms with Crippen LogP contribution in [0, 0.1) is 18.3 Å². The number of aryl methyl sites for hydroxylation is 1. The van der Waals surface area contributed by atoms with Crippen LogP contribution in [0.2, 0.25) is 0 Å². The van der Waals surface area contributed by atoms with Crippen molar-refractivity contribution in [2.45, 2.75) is 13.8 Å². The summed E-state index contributed by atoms with van der Waals surface area (Å²) in [5.74, 6) is 0.494. The van der Waals surface area contributed by atoms with Crippen molar-refractivity contribution >= 4 is 17.6 Å². The normalized spacial score (nSPS) is 11.9. The fourth-order valence-electron chi connectivity index (χ4n) is 2.38. The number of benzene rings is 1. The Labute approximate surface area is 131 Å². The monoisotopic (exact) mass is 312 g/mol. The third kappa shape index (κ3) is 2.51. The van der Waals surface area contributed by atoms with Crippen LogP contribution in [0.3, 0.4) is 0 Å². The lowest BCUT2D eigenvalue weighted by molar-refractivity contribution is 0.101. The van der Waals surface area contributed by atoms with Gasteiger partial charge in [0.25, 0.3) is 5.91 Å². The van der Waals surface area contributed by atoms with Crippen LogP contribution in [0.4, 0.5) is 5.88 Å². The van der Waals surface area contributed by atoms with Crippen molar-refractivity contribution < 1.29 is 23.5 Å². The summed E-state index contributed by atoms with van der Waals surface area (Å²) >= 11 is 0. The molecule has 116 valence electrons. The first-order valence-electron chi connectivity index (χ1n) is 6.76. The first-order valence-corrected chi connectivity index (χ1v) is 6.76. The van der Waals surface area contributed by atoms with Gasteiger partial charge in [0.15, 0.2) is 17.3 Å². The maximum atomic E-state index is 12.3. The molecule has 1 aromatic heterocycles. The number of nitriles is 1. The molecule has 1 N–H and O–H groups in total. The highest BCUT2D eigenvalue weighted by molar-refractivity contribution is 6.06. The second kappa shape index (κ2) is 5.50. The number of amides is 1. The standard InChI is InChI=1S/C16H12N2O5/c1-8(19)14-9(2)23-16(11(14)6-17)18-15(20)10-3-4-12-13(5-10)22-7-21-12/h3-5H,7H2,1-2H3,(H,18,20). The number of nitrogens with zero attached hydrogens (tertiary/aromatic N) is 1. The molecule has 2 heterocycles. The number of rotatable bonds is 3. The summed E-state index contributed by atoms with van der Waals surface area (Å²) in [5, 5.41) is 11.7.